The lowest BCUT2D eigenvalue weighted by Gasteiger charge is -2.21. The number of likely N-dealkylation sites (tertiary alicyclic amines) is 1. The van der Waals surface area contributed by atoms with Crippen molar-refractivity contribution in [3.05, 3.63) is 36.0 Å². The van der Waals surface area contributed by atoms with E-state index in [1.165, 1.54) is 0 Å². The van der Waals surface area contributed by atoms with Gasteiger partial charge in [0.05, 0.1) is 5.56 Å². The Kier molecular flexibility index (Phi) is 2.62. The summed E-state index contributed by atoms with van der Waals surface area (Å²) in [5, 5.41) is 1.02. The minimum Gasteiger partial charge on any atom is -0.360 e. The second-order valence-electron chi connectivity index (χ2n) is 5.40. The molecule has 2 atom stereocenters. The molecular formula is C15H18N2O. The van der Waals surface area contributed by atoms with Crippen LogP contribution >= 0.6 is 0 Å². The summed E-state index contributed by atoms with van der Waals surface area (Å²) in [6.07, 6.45) is 2.94. The normalized spacial score (nSPS) is 23.8. The van der Waals surface area contributed by atoms with Crippen molar-refractivity contribution in [1.82, 2.24) is 9.88 Å². The Morgan fingerprint density at radius 1 is 1.33 bits per heavy atom. The van der Waals surface area contributed by atoms with Gasteiger partial charge in [0, 0.05) is 29.7 Å². The predicted octanol–water partition coefficient (Wildman–Crippen LogP) is 3.04. The van der Waals surface area contributed by atoms with Gasteiger partial charge in [-0.3, -0.25) is 4.79 Å². The molecule has 3 heteroatoms. The van der Waals surface area contributed by atoms with Gasteiger partial charge in [-0.1, -0.05) is 25.1 Å². The van der Waals surface area contributed by atoms with Gasteiger partial charge in [-0.05, 0) is 25.3 Å². The molecule has 1 aliphatic rings. The molecular weight excluding hydrogens is 224 g/mol. The standard InChI is InChI=1S/C15H18N2O/c1-10-7-11(2)17(9-10)15(18)13-8-16-14-6-4-3-5-12(13)14/h3-6,8,10-11,16H,7,9H2,1-2H3. The quantitative estimate of drug-likeness (QED) is 0.819. The summed E-state index contributed by atoms with van der Waals surface area (Å²) in [4.78, 5) is 17.8. The first-order chi connectivity index (χ1) is 8.66. The van der Waals surface area contributed by atoms with Crippen LogP contribution in [0.2, 0.25) is 0 Å². The van der Waals surface area contributed by atoms with E-state index in [0.29, 0.717) is 12.0 Å². The third-order valence-corrected chi connectivity index (χ3v) is 3.86. The summed E-state index contributed by atoms with van der Waals surface area (Å²) in [5.41, 5.74) is 1.83. The number of hydrogen-bond donors (Lipinski definition) is 1. The van der Waals surface area contributed by atoms with Crippen LogP contribution in [0.5, 0.6) is 0 Å². The molecule has 0 bridgehead atoms. The van der Waals surface area contributed by atoms with Crippen molar-refractivity contribution in [2.24, 2.45) is 5.92 Å². The van der Waals surface area contributed by atoms with Crippen LogP contribution in [0.25, 0.3) is 10.9 Å². The fourth-order valence-corrected chi connectivity index (χ4v) is 2.99. The maximum atomic E-state index is 12.6. The molecule has 18 heavy (non-hydrogen) atoms. The first-order valence-electron chi connectivity index (χ1n) is 6.54. The van der Waals surface area contributed by atoms with Crippen LogP contribution in [-0.4, -0.2) is 28.4 Å². The van der Waals surface area contributed by atoms with E-state index in [1.807, 2.05) is 35.4 Å². The van der Waals surface area contributed by atoms with Crippen molar-refractivity contribution in [2.75, 3.05) is 6.54 Å². The van der Waals surface area contributed by atoms with Crippen LogP contribution in [0.4, 0.5) is 0 Å². The van der Waals surface area contributed by atoms with E-state index >= 15 is 0 Å². The average molecular weight is 242 g/mol. The second kappa shape index (κ2) is 4.16. The maximum absolute atomic E-state index is 12.6. The van der Waals surface area contributed by atoms with Crippen LogP contribution in [0.1, 0.15) is 30.6 Å². The zero-order valence-electron chi connectivity index (χ0n) is 10.8. The summed E-state index contributed by atoms with van der Waals surface area (Å²) in [5.74, 6) is 0.762. The topological polar surface area (TPSA) is 36.1 Å². The van der Waals surface area contributed by atoms with Gasteiger partial charge in [-0.25, -0.2) is 0 Å². The van der Waals surface area contributed by atoms with Gasteiger partial charge >= 0.3 is 0 Å². The van der Waals surface area contributed by atoms with Gasteiger partial charge < -0.3 is 9.88 Å². The monoisotopic (exact) mass is 242 g/mol. The predicted molar refractivity (Wildman–Crippen MR) is 72.6 cm³/mol. The molecule has 0 aliphatic carbocycles. The van der Waals surface area contributed by atoms with Crippen molar-refractivity contribution in [1.29, 1.82) is 0 Å². The van der Waals surface area contributed by atoms with E-state index in [9.17, 15) is 4.79 Å². The first-order valence-corrected chi connectivity index (χ1v) is 6.54. The fourth-order valence-electron chi connectivity index (χ4n) is 2.99. The fraction of sp³-hybridized carbons (Fsp3) is 0.400. The van der Waals surface area contributed by atoms with Gasteiger partial charge in [0.2, 0.25) is 0 Å². The summed E-state index contributed by atoms with van der Waals surface area (Å²) >= 11 is 0. The molecule has 2 aromatic rings. The Labute approximate surface area is 107 Å². The van der Waals surface area contributed by atoms with Crippen molar-refractivity contribution >= 4 is 16.8 Å². The number of benzene rings is 1. The Morgan fingerprint density at radius 2 is 2.11 bits per heavy atom. The largest absolute Gasteiger partial charge is 0.360 e. The third-order valence-electron chi connectivity index (χ3n) is 3.86. The summed E-state index contributed by atoms with van der Waals surface area (Å²) in [6.45, 7) is 5.22. The highest BCUT2D eigenvalue weighted by Crippen LogP contribution is 2.26. The number of aromatic amines is 1. The lowest BCUT2D eigenvalue weighted by Crippen LogP contribution is -2.33. The molecule has 1 N–H and O–H groups in total. The molecule has 0 spiro atoms. The van der Waals surface area contributed by atoms with Crippen LogP contribution in [-0.2, 0) is 0 Å². The molecule has 94 valence electrons. The van der Waals surface area contributed by atoms with Crippen molar-refractivity contribution < 1.29 is 4.79 Å². The van der Waals surface area contributed by atoms with Crippen LogP contribution in [0.3, 0.4) is 0 Å². The zero-order valence-corrected chi connectivity index (χ0v) is 10.8. The molecule has 0 radical (unpaired) electrons. The Balaban J connectivity index is 1.97. The molecule has 1 amide bonds. The summed E-state index contributed by atoms with van der Waals surface area (Å²) < 4.78 is 0. The number of H-pyrrole nitrogens is 1. The summed E-state index contributed by atoms with van der Waals surface area (Å²) in [6, 6.07) is 8.31. The maximum Gasteiger partial charge on any atom is 0.256 e. The Bertz CT molecular complexity index is 587. The molecule has 1 aliphatic heterocycles. The molecule has 1 fully saturated rings. The van der Waals surface area contributed by atoms with E-state index in [1.54, 1.807) is 0 Å². The molecule has 3 nitrogen and oxygen atoms in total. The Morgan fingerprint density at radius 3 is 2.83 bits per heavy atom. The minimum atomic E-state index is 0.157. The van der Waals surface area contributed by atoms with Gasteiger partial charge in [-0.2, -0.15) is 0 Å². The van der Waals surface area contributed by atoms with Gasteiger partial charge in [0.15, 0.2) is 0 Å². The molecule has 2 heterocycles. The number of rotatable bonds is 1. The SMILES string of the molecule is CC1CC(C)N(C(=O)c2c[nH]c3ccccc23)C1. The number of aromatic nitrogens is 1. The smallest absolute Gasteiger partial charge is 0.256 e. The first kappa shape index (κ1) is 11.3. The lowest BCUT2D eigenvalue weighted by molar-refractivity contribution is 0.0746. The number of carbonyl (C=O) groups is 1. The number of amides is 1. The van der Waals surface area contributed by atoms with Crippen LogP contribution in [0, 0.1) is 5.92 Å². The lowest BCUT2D eigenvalue weighted by atomic mass is 10.1. The van der Waals surface area contributed by atoms with E-state index < -0.39 is 0 Å². The average Bonchev–Trinajstić information content (AvgIpc) is 2.92. The summed E-state index contributed by atoms with van der Waals surface area (Å²) in [7, 11) is 0. The van der Waals surface area contributed by atoms with Gasteiger partial charge in [0.25, 0.3) is 5.91 Å². The number of hydrogen-bond acceptors (Lipinski definition) is 1. The Hall–Kier alpha value is -1.77. The van der Waals surface area contributed by atoms with Crippen LogP contribution < -0.4 is 0 Å². The highest BCUT2D eigenvalue weighted by molar-refractivity contribution is 6.06. The van der Waals surface area contributed by atoms with Gasteiger partial charge in [-0.15, -0.1) is 0 Å². The highest BCUT2D eigenvalue weighted by atomic mass is 16.2. The number of para-hydroxylation sites is 1. The van der Waals surface area contributed by atoms with Crippen molar-refractivity contribution in [3.8, 4) is 0 Å². The number of fused-ring (bicyclic) bond motifs is 1. The van der Waals surface area contributed by atoms with Crippen molar-refractivity contribution in [3.63, 3.8) is 0 Å². The van der Waals surface area contributed by atoms with Crippen molar-refractivity contribution in [2.45, 2.75) is 26.3 Å². The molecule has 0 saturated carbocycles. The van der Waals surface area contributed by atoms with E-state index in [0.717, 1.165) is 29.4 Å². The molecule has 1 saturated heterocycles. The van der Waals surface area contributed by atoms with Crippen LogP contribution in [0.15, 0.2) is 30.5 Å². The molecule has 3 rings (SSSR count). The van der Waals surface area contributed by atoms with E-state index in [-0.39, 0.29) is 5.91 Å². The van der Waals surface area contributed by atoms with E-state index in [2.05, 4.69) is 18.8 Å². The number of nitrogens with one attached hydrogen (secondary N) is 1. The third kappa shape index (κ3) is 1.70. The minimum absolute atomic E-state index is 0.157. The molecule has 2 unspecified atom stereocenters. The van der Waals surface area contributed by atoms with Gasteiger partial charge in [0.1, 0.15) is 0 Å². The molecule has 1 aromatic heterocycles. The number of carbonyl (C=O) groups excluding carboxylic acids is 1. The number of nitrogens with zero attached hydrogens (tertiary/aromatic N) is 1. The second-order valence-corrected chi connectivity index (χ2v) is 5.40. The zero-order chi connectivity index (χ0) is 12.7. The molecule has 1 aromatic carbocycles. The highest BCUT2D eigenvalue weighted by Gasteiger charge is 2.31. The van der Waals surface area contributed by atoms with E-state index in [4.69, 9.17) is 0 Å².